The maximum absolute atomic E-state index is 5.40. The zero-order valence-electron chi connectivity index (χ0n) is 27.5. The Labute approximate surface area is 282 Å². The molecule has 0 unspecified atom stereocenters. The van der Waals surface area contributed by atoms with Gasteiger partial charge in [-0.1, -0.05) is 112 Å². The van der Waals surface area contributed by atoms with E-state index >= 15 is 0 Å². The van der Waals surface area contributed by atoms with E-state index in [-0.39, 0.29) is 16.5 Å². The van der Waals surface area contributed by atoms with Crippen molar-refractivity contribution in [2.75, 3.05) is 0 Å². The third kappa shape index (κ3) is 5.73. The molecule has 2 aliphatic heterocycles. The Hall–Kier alpha value is -2.69. The van der Waals surface area contributed by atoms with Gasteiger partial charge in [-0.25, -0.2) is 9.97 Å². The van der Waals surface area contributed by atoms with E-state index in [4.69, 9.17) is 19.9 Å². The molecule has 8 bridgehead atoms. The number of hydrogen-bond donors (Lipinski definition) is 0. The Morgan fingerprint density at radius 1 is 0.545 bits per heavy atom. The first kappa shape index (κ1) is 34.2. The summed E-state index contributed by atoms with van der Waals surface area (Å²) >= 11 is 3.61. The van der Waals surface area contributed by atoms with Crippen LogP contribution in [0.1, 0.15) is 132 Å². The second kappa shape index (κ2) is 14.6. The smallest absolute Gasteiger partial charge is 0.657 e. The second-order valence-corrected chi connectivity index (χ2v) is 11.8. The Kier molecular flexibility index (Phi) is 11.4. The van der Waals surface area contributed by atoms with Crippen LogP contribution in [-0.4, -0.2) is 9.97 Å². The van der Waals surface area contributed by atoms with Crippen LogP contribution < -0.4 is 9.97 Å². The summed E-state index contributed by atoms with van der Waals surface area (Å²) in [6, 6.07) is 6.74. The number of aryl methyl sites for hydroxylation is 4. The Morgan fingerprint density at radius 2 is 0.955 bits per heavy atom. The van der Waals surface area contributed by atoms with Gasteiger partial charge in [0.2, 0.25) is 0 Å². The fraction of sp³-hybridized carbons (Fsp3) is 0.421. The van der Waals surface area contributed by atoms with Crippen molar-refractivity contribution in [1.29, 1.82) is 0 Å². The SMILES string of the molecule is CCC1=C(CC)c2cc3[n-]c(c(/C=C/Br)c4nc(cc5[n-]c(cc1n2)c(CC)c5CC)C(CC)=C4CC)c(CC)c3CC.[Ni+2]. The molecule has 0 spiro atoms. The van der Waals surface area contributed by atoms with E-state index in [0.29, 0.717) is 0 Å². The van der Waals surface area contributed by atoms with Crippen LogP contribution in [0.4, 0.5) is 0 Å². The van der Waals surface area contributed by atoms with Crippen molar-refractivity contribution in [2.45, 2.75) is 107 Å². The van der Waals surface area contributed by atoms with Crippen LogP contribution in [0, 0.1) is 0 Å². The molecule has 44 heavy (non-hydrogen) atoms. The molecule has 0 saturated carbocycles. The third-order valence-electron chi connectivity index (χ3n) is 9.22. The summed E-state index contributed by atoms with van der Waals surface area (Å²) in [5.41, 5.74) is 19.9. The molecule has 0 radical (unpaired) electrons. The fourth-order valence-corrected chi connectivity index (χ4v) is 7.53. The number of aromatic nitrogens is 4. The first-order valence-electron chi connectivity index (χ1n) is 16.3. The van der Waals surface area contributed by atoms with E-state index in [1.165, 1.54) is 44.5 Å². The van der Waals surface area contributed by atoms with Gasteiger partial charge in [-0.2, -0.15) is 0 Å². The van der Waals surface area contributed by atoms with Gasteiger partial charge in [-0.05, 0) is 90.3 Å². The van der Waals surface area contributed by atoms with Crippen LogP contribution in [0.15, 0.2) is 23.2 Å². The van der Waals surface area contributed by atoms with E-state index in [1.54, 1.807) is 0 Å². The van der Waals surface area contributed by atoms with Gasteiger partial charge in [0.25, 0.3) is 0 Å². The quantitative estimate of drug-likeness (QED) is 0.209. The number of allylic oxidation sites excluding steroid dienone is 4. The first-order chi connectivity index (χ1) is 20.9. The molecule has 0 N–H and O–H groups in total. The normalized spacial score (nSPS) is 13.4. The predicted molar refractivity (Wildman–Crippen MR) is 189 cm³/mol. The summed E-state index contributed by atoms with van der Waals surface area (Å²) in [6.07, 6.45) is 9.55. The zero-order valence-corrected chi connectivity index (χ0v) is 30.1. The average molecular weight is 696 g/mol. The average Bonchev–Trinajstić information content (AvgIpc) is 3.74. The molecule has 2 aliphatic rings. The molecular weight excluding hydrogens is 651 g/mol. The molecule has 0 aliphatic carbocycles. The topological polar surface area (TPSA) is 54.0 Å². The monoisotopic (exact) mass is 694 g/mol. The molecular formula is C38H45BrN4Ni. The molecule has 0 amide bonds. The molecule has 0 fully saturated rings. The summed E-state index contributed by atoms with van der Waals surface area (Å²) in [5, 5.41) is 0. The summed E-state index contributed by atoms with van der Waals surface area (Å²) in [7, 11) is 0. The van der Waals surface area contributed by atoms with Crippen molar-refractivity contribution in [1.82, 2.24) is 19.9 Å². The van der Waals surface area contributed by atoms with E-state index in [2.05, 4.69) is 95.6 Å². The van der Waals surface area contributed by atoms with Crippen LogP contribution >= 0.6 is 15.9 Å². The van der Waals surface area contributed by atoms with Crippen LogP contribution in [0.3, 0.4) is 0 Å². The first-order valence-corrected chi connectivity index (χ1v) is 17.3. The van der Waals surface area contributed by atoms with Gasteiger partial charge in [0.15, 0.2) is 0 Å². The molecule has 4 nitrogen and oxygen atoms in total. The zero-order chi connectivity index (χ0) is 30.8. The van der Waals surface area contributed by atoms with Crippen LogP contribution in [0.5, 0.6) is 0 Å². The van der Waals surface area contributed by atoms with Crippen molar-refractivity contribution in [3.8, 4) is 0 Å². The van der Waals surface area contributed by atoms with Crippen molar-refractivity contribution in [2.24, 2.45) is 0 Å². The number of fused-ring (bicyclic) bond motifs is 8. The van der Waals surface area contributed by atoms with Crippen LogP contribution in [0.2, 0.25) is 0 Å². The van der Waals surface area contributed by atoms with E-state index in [9.17, 15) is 0 Å². The van der Waals surface area contributed by atoms with Crippen molar-refractivity contribution < 1.29 is 16.5 Å². The number of rotatable bonds is 9. The minimum Gasteiger partial charge on any atom is -0.657 e. The largest absolute Gasteiger partial charge is 2.00 e. The summed E-state index contributed by atoms with van der Waals surface area (Å²) in [4.78, 5) is 23.3. The number of halogens is 1. The van der Waals surface area contributed by atoms with Gasteiger partial charge in [-0.3, -0.25) is 0 Å². The van der Waals surface area contributed by atoms with Crippen molar-refractivity contribution in [3.05, 3.63) is 73.8 Å². The van der Waals surface area contributed by atoms with Crippen LogP contribution in [-0.2, 0) is 42.2 Å². The van der Waals surface area contributed by atoms with Gasteiger partial charge in [0.05, 0.1) is 22.8 Å². The Morgan fingerprint density at radius 3 is 1.39 bits per heavy atom. The minimum absolute atomic E-state index is 0. The van der Waals surface area contributed by atoms with Crippen LogP contribution in [0.25, 0.3) is 50.4 Å². The molecule has 234 valence electrons. The van der Waals surface area contributed by atoms with E-state index in [1.807, 2.05) is 4.99 Å². The number of hydrogen-bond acceptors (Lipinski definition) is 2. The van der Waals surface area contributed by atoms with Gasteiger partial charge < -0.3 is 9.97 Å². The molecule has 0 saturated heterocycles. The molecule has 3 aromatic heterocycles. The number of nitrogens with zero attached hydrogens (tertiary/aromatic N) is 4. The van der Waals surface area contributed by atoms with Gasteiger partial charge >= 0.3 is 16.5 Å². The molecule has 3 aromatic rings. The summed E-state index contributed by atoms with van der Waals surface area (Å²) < 4.78 is 0. The van der Waals surface area contributed by atoms with Crippen molar-refractivity contribution in [3.63, 3.8) is 0 Å². The third-order valence-corrected chi connectivity index (χ3v) is 9.48. The van der Waals surface area contributed by atoms with Gasteiger partial charge in [-0.15, -0.1) is 22.1 Å². The Bertz CT molecular complexity index is 1820. The molecule has 5 heterocycles. The molecule has 5 rings (SSSR count). The molecule has 0 aromatic carbocycles. The summed E-state index contributed by atoms with van der Waals surface area (Å²) in [5.74, 6) is 0. The standard InChI is InChI=1S/C38H45BrN4.Ni/c1-9-22-24(11-3)33-20-35-26(13-5)28(15-7)37(42-35)30(17-18-39)38-29(16-8)27(14-6)36(43-38)21-34-25(12-4)23(10-2)32(41-34)19-31(22)40-33;/h17-21H,9-16H2,1-8H3;/q-2;+2/b18-17+,31-19?,32-19?,33-20?,34-21?,35-20?,36-21?,37-30?,38-30?;. The second-order valence-electron chi connectivity index (χ2n) is 11.3. The van der Waals surface area contributed by atoms with E-state index in [0.717, 1.165) is 102 Å². The maximum Gasteiger partial charge on any atom is 2.00 e. The van der Waals surface area contributed by atoms with E-state index < -0.39 is 0 Å². The predicted octanol–water partition coefficient (Wildman–Crippen LogP) is 10.6. The summed E-state index contributed by atoms with van der Waals surface area (Å²) in [6.45, 7) is 17.9. The minimum atomic E-state index is 0. The van der Waals surface area contributed by atoms with Crippen molar-refractivity contribution >= 4 is 66.4 Å². The Balaban J connectivity index is 0.00000442. The molecule has 0 atom stereocenters. The van der Waals surface area contributed by atoms with Gasteiger partial charge in [0.1, 0.15) is 0 Å². The van der Waals surface area contributed by atoms with Gasteiger partial charge in [0, 0.05) is 0 Å². The fourth-order valence-electron chi connectivity index (χ4n) is 7.27. The maximum atomic E-state index is 5.40. The molecule has 6 heteroatoms.